The summed E-state index contributed by atoms with van der Waals surface area (Å²) in [6, 6.07) is 5.23. The zero-order valence-corrected chi connectivity index (χ0v) is 22.1. The van der Waals surface area contributed by atoms with Gasteiger partial charge in [0.2, 0.25) is 0 Å². The normalized spacial score (nSPS) is 14.9. The number of alkyl halides is 6. The van der Waals surface area contributed by atoms with Crippen LogP contribution in [0.25, 0.3) is 0 Å². The quantitative estimate of drug-likeness (QED) is 0.324. The second-order valence-corrected chi connectivity index (χ2v) is 10.8. The highest BCUT2D eigenvalue weighted by atomic mass is 19.4. The summed E-state index contributed by atoms with van der Waals surface area (Å²) in [5.74, 6) is 0. The monoisotopic (exact) mass is 544 g/mol. The van der Waals surface area contributed by atoms with Crippen LogP contribution in [0.5, 0.6) is 0 Å². The van der Waals surface area contributed by atoms with Gasteiger partial charge >= 0.3 is 18.4 Å². The summed E-state index contributed by atoms with van der Waals surface area (Å²) in [5, 5.41) is 9.93. The first kappa shape index (κ1) is 29.6. The van der Waals surface area contributed by atoms with E-state index in [1.54, 1.807) is 0 Å². The molecule has 10 heteroatoms. The Hall–Kier alpha value is -2.91. The van der Waals surface area contributed by atoms with Crippen LogP contribution in [0.2, 0.25) is 0 Å². The van der Waals surface area contributed by atoms with Crippen molar-refractivity contribution in [1.82, 2.24) is 4.90 Å². The zero-order chi connectivity index (χ0) is 28.5. The summed E-state index contributed by atoms with van der Waals surface area (Å²) >= 11 is 0. The lowest BCUT2D eigenvalue weighted by Crippen LogP contribution is -2.31. The predicted molar refractivity (Wildman–Crippen MR) is 134 cm³/mol. The van der Waals surface area contributed by atoms with Crippen LogP contribution in [0.1, 0.15) is 73.9 Å². The van der Waals surface area contributed by atoms with E-state index >= 15 is 0 Å². The molecule has 2 aromatic carbocycles. The third-order valence-corrected chi connectivity index (χ3v) is 6.90. The summed E-state index contributed by atoms with van der Waals surface area (Å²) in [4.78, 5) is 15.2. The summed E-state index contributed by atoms with van der Waals surface area (Å²) in [6.07, 6.45) is -7.90. The molecule has 0 spiro atoms. The molecule has 0 radical (unpaired) electrons. The maximum atomic E-state index is 13.3. The van der Waals surface area contributed by atoms with Gasteiger partial charge in [-0.1, -0.05) is 33.3 Å². The number of nitrogens with zero attached hydrogens (tertiary/aromatic N) is 2. The first-order valence-corrected chi connectivity index (χ1v) is 12.7. The molecule has 0 saturated carbocycles. The molecule has 0 unspecified atom stereocenters. The second kappa shape index (κ2) is 11.1. The molecule has 0 heterocycles. The number of rotatable bonds is 9. The van der Waals surface area contributed by atoms with Crippen molar-refractivity contribution in [2.75, 3.05) is 18.0 Å². The zero-order valence-electron chi connectivity index (χ0n) is 22.1. The molecule has 1 aliphatic carbocycles. The van der Waals surface area contributed by atoms with Gasteiger partial charge in [-0.2, -0.15) is 26.3 Å². The Morgan fingerprint density at radius 2 is 1.45 bits per heavy atom. The summed E-state index contributed by atoms with van der Waals surface area (Å²) in [6.45, 7) is 8.99. The number of halogens is 6. The first-order chi connectivity index (χ1) is 17.5. The van der Waals surface area contributed by atoms with Crippen molar-refractivity contribution in [3.8, 4) is 0 Å². The maximum Gasteiger partial charge on any atom is 0.416 e. The van der Waals surface area contributed by atoms with Gasteiger partial charge in [-0.3, -0.25) is 4.90 Å². The van der Waals surface area contributed by atoms with Crippen LogP contribution in [0.3, 0.4) is 0 Å². The topological polar surface area (TPSA) is 43.8 Å². The number of unbranched alkanes of at least 4 members (excludes halogenated alkanes) is 1. The van der Waals surface area contributed by atoms with Crippen molar-refractivity contribution in [2.45, 2.75) is 78.8 Å². The Morgan fingerprint density at radius 3 is 1.92 bits per heavy atom. The van der Waals surface area contributed by atoms with Gasteiger partial charge in [0.1, 0.15) is 0 Å². The van der Waals surface area contributed by atoms with Crippen molar-refractivity contribution in [1.29, 1.82) is 0 Å². The summed E-state index contributed by atoms with van der Waals surface area (Å²) < 4.78 is 80.1. The fraction of sp³-hybridized carbons (Fsp3) is 0.536. The van der Waals surface area contributed by atoms with E-state index in [9.17, 15) is 36.2 Å². The number of anilines is 1. The van der Waals surface area contributed by atoms with Crippen LogP contribution in [0.15, 0.2) is 30.3 Å². The Balaban J connectivity index is 2.03. The van der Waals surface area contributed by atoms with E-state index in [1.807, 2.05) is 13.0 Å². The largest absolute Gasteiger partial charge is 0.465 e. The lowest BCUT2D eigenvalue weighted by molar-refractivity contribution is -0.143. The highest BCUT2D eigenvalue weighted by Crippen LogP contribution is 2.40. The van der Waals surface area contributed by atoms with Crippen LogP contribution in [-0.2, 0) is 38.3 Å². The lowest BCUT2D eigenvalue weighted by Gasteiger charge is -2.29. The molecular weight excluding hydrogens is 510 g/mol. The smallest absolute Gasteiger partial charge is 0.416 e. The molecule has 0 bridgehead atoms. The molecule has 3 rings (SSSR count). The van der Waals surface area contributed by atoms with E-state index in [2.05, 4.69) is 31.7 Å². The van der Waals surface area contributed by atoms with Gasteiger partial charge in [0.15, 0.2) is 0 Å². The van der Waals surface area contributed by atoms with Gasteiger partial charge in [-0.15, -0.1) is 0 Å². The molecule has 1 aliphatic rings. The minimum atomic E-state index is -5.01. The number of hydrogen-bond donors (Lipinski definition) is 1. The molecule has 38 heavy (non-hydrogen) atoms. The van der Waals surface area contributed by atoms with Crippen LogP contribution in [0.4, 0.5) is 36.8 Å². The fourth-order valence-corrected chi connectivity index (χ4v) is 5.10. The van der Waals surface area contributed by atoms with Crippen molar-refractivity contribution in [3.05, 3.63) is 63.7 Å². The predicted octanol–water partition coefficient (Wildman–Crippen LogP) is 8.16. The molecule has 0 aliphatic heterocycles. The summed E-state index contributed by atoms with van der Waals surface area (Å²) in [7, 11) is 0. The third-order valence-electron chi connectivity index (χ3n) is 6.90. The van der Waals surface area contributed by atoms with Crippen LogP contribution >= 0.6 is 0 Å². The third kappa shape index (κ3) is 7.14. The standard InChI is InChI=1S/C28H34F6N2O2/c1-5-7-8-35(6-2)24-12-20-15-26(3,4)14-19(20)11-21(24)17-36(25(37)38)16-18-9-22(27(29,30)31)13-23(10-18)28(32,33)34/h9-13H,5-8,14-17H2,1-4H3,(H,37,38). The number of benzene rings is 2. The molecule has 0 atom stereocenters. The van der Waals surface area contributed by atoms with E-state index in [0.29, 0.717) is 24.2 Å². The van der Waals surface area contributed by atoms with E-state index < -0.39 is 36.1 Å². The number of hydrogen-bond acceptors (Lipinski definition) is 2. The van der Waals surface area contributed by atoms with Crippen LogP contribution in [0, 0.1) is 5.41 Å². The number of carboxylic acid groups (broad SMARTS) is 1. The van der Waals surface area contributed by atoms with E-state index in [0.717, 1.165) is 48.4 Å². The Labute approximate surface area is 219 Å². The Kier molecular flexibility index (Phi) is 8.63. The number of amides is 1. The van der Waals surface area contributed by atoms with Crippen LogP contribution < -0.4 is 4.90 Å². The van der Waals surface area contributed by atoms with Crippen LogP contribution in [-0.4, -0.2) is 29.2 Å². The molecule has 210 valence electrons. The van der Waals surface area contributed by atoms with Gasteiger partial charge in [-0.25, -0.2) is 4.79 Å². The molecule has 0 fully saturated rings. The van der Waals surface area contributed by atoms with Gasteiger partial charge < -0.3 is 10.0 Å². The minimum Gasteiger partial charge on any atom is -0.465 e. The maximum absolute atomic E-state index is 13.3. The average Bonchev–Trinajstić information content (AvgIpc) is 3.10. The molecule has 1 amide bonds. The van der Waals surface area contributed by atoms with Gasteiger partial charge in [0.05, 0.1) is 17.7 Å². The minimum absolute atomic E-state index is 0.0389. The Bertz CT molecular complexity index is 1130. The molecule has 0 aromatic heterocycles. The highest BCUT2D eigenvalue weighted by Gasteiger charge is 2.37. The van der Waals surface area contributed by atoms with Crippen molar-refractivity contribution >= 4 is 11.8 Å². The number of carbonyl (C=O) groups is 1. The molecule has 1 N–H and O–H groups in total. The fourth-order valence-electron chi connectivity index (χ4n) is 5.10. The van der Waals surface area contributed by atoms with Gasteiger partial charge in [-0.05, 0) is 78.1 Å². The average molecular weight is 545 g/mol. The van der Waals surface area contributed by atoms with E-state index in [1.165, 1.54) is 5.56 Å². The van der Waals surface area contributed by atoms with Crippen molar-refractivity contribution < 1.29 is 36.2 Å². The second-order valence-electron chi connectivity index (χ2n) is 10.8. The van der Waals surface area contributed by atoms with E-state index in [-0.39, 0.29) is 23.6 Å². The highest BCUT2D eigenvalue weighted by molar-refractivity contribution is 5.67. The lowest BCUT2D eigenvalue weighted by atomic mass is 9.90. The van der Waals surface area contributed by atoms with Gasteiger partial charge in [0.25, 0.3) is 0 Å². The SMILES string of the molecule is CCCCN(CC)c1cc2c(cc1CN(Cc1cc(C(F)(F)F)cc(C(F)(F)F)c1)C(=O)O)CC(C)(C)C2. The molecule has 4 nitrogen and oxygen atoms in total. The first-order valence-electron chi connectivity index (χ1n) is 12.7. The Morgan fingerprint density at radius 1 is 0.895 bits per heavy atom. The van der Waals surface area contributed by atoms with Gasteiger partial charge in [0, 0.05) is 25.3 Å². The molecular formula is C28H34F6N2O2. The molecule has 0 saturated heterocycles. The molecule has 2 aromatic rings. The van der Waals surface area contributed by atoms with Crippen molar-refractivity contribution in [2.24, 2.45) is 5.41 Å². The number of fused-ring (bicyclic) bond motifs is 1. The van der Waals surface area contributed by atoms with E-state index in [4.69, 9.17) is 0 Å². The summed E-state index contributed by atoms with van der Waals surface area (Å²) in [5.41, 5.74) is 0.527. The van der Waals surface area contributed by atoms with Crippen molar-refractivity contribution in [3.63, 3.8) is 0 Å².